The Balaban J connectivity index is 2.71. The van der Waals surface area contributed by atoms with E-state index in [1.807, 2.05) is 0 Å². The second-order valence-electron chi connectivity index (χ2n) is 1.86. The number of nitrogens with zero attached hydrogens (tertiary/aromatic N) is 2. The molecule has 0 aliphatic carbocycles. The van der Waals surface area contributed by atoms with Gasteiger partial charge in [0.2, 0.25) is 0 Å². The normalized spacial score (nSPS) is 11.3. The first-order chi connectivity index (χ1) is 5.47. The first-order valence-corrected chi connectivity index (χ1v) is 3.60. The van der Waals surface area contributed by atoms with Crippen molar-refractivity contribution < 1.29 is 20.1 Å². The highest BCUT2D eigenvalue weighted by molar-refractivity contribution is 9.10. The summed E-state index contributed by atoms with van der Waals surface area (Å²) < 4.78 is 4.51. The summed E-state index contributed by atoms with van der Waals surface area (Å²) in [6, 6.07) is 0. The van der Waals surface area contributed by atoms with E-state index in [-0.39, 0.29) is 5.75 Å². The molecule has 7 heteroatoms. The Morgan fingerprint density at radius 3 is 2.17 bits per heavy atom. The topological polar surface area (TPSA) is 95.7 Å². The van der Waals surface area contributed by atoms with Crippen molar-refractivity contribution in [1.82, 2.24) is 9.97 Å². The predicted octanol–water partition coefficient (Wildman–Crippen LogP) is -0.794. The zero-order chi connectivity index (χ0) is 9.19. The smallest absolute Gasteiger partial charge is 0.414 e. The Morgan fingerprint density at radius 1 is 1.25 bits per heavy atom. The quantitative estimate of drug-likeness (QED) is 0.460. The van der Waals surface area contributed by atoms with Crippen molar-refractivity contribution in [3.8, 4) is 5.75 Å². The standard InChI is InChI=1S/C5H5BrN2O4/c6-4-7-1-3(2-8-4)12-5(9,10)11/h1-2,9-11H. The van der Waals surface area contributed by atoms with Crippen molar-refractivity contribution in [2.24, 2.45) is 0 Å². The molecular weight excluding hydrogens is 232 g/mol. The third-order valence-corrected chi connectivity index (χ3v) is 1.26. The van der Waals surface area contributed by atoms with Gasteiger partial charge >= 0.3 is 6.16 Å². The Hall–Kier alpha value is -0.760. The molecule has 0 spiro atoms. The highest BCUT2D eigenvalue weighted by Gasteiger charge is 2.20. The van der Waals surface area contributed by atoms with Crippen molar-refractivity contribution in [3.05, 3.63) is 17.1 Å². The van der Waals surface area contributed by atoms with Crippen LogP contribution >= 0.6 is 15.9 Å². The lowest BCUT2D eigenvalue weighted by atomic mass is 10.6. The van der Waals surface area contributed by atoms with Crippen molar-refractivity contribution in [2.45, 2.75) is 6.16 Å². The van der Waals surface area contributed by atoms with Gasteiger partial charge in [0.15, 0.2) is 10.5 Å². The van der Waals surface area contributed by atoms with Crippen molar-refractivity contribution >= 4 is 15.9 Å². The van der Waals surface area contributed by atoms with E-state index < -0.39 is 6.16 Å². The minimum Gasteiger partial charge on any atom is -0.414 e. The zero-order valence-corrected chi connectivity index (χ0v) is 7.26. The van der Waals surface area contributed by atoms with Gasteiger partial charge in [-0.25, -0.2) is 9.97 Å². The van der Waals surface area contributed by atoms with Crippen LogP contribution in [0, 0.1) is 0 Å². The third kappa shape index (κ3) is 3.09. The molecule has 0 amide bonds. The maximum Gasteiger partial charge on any atom is 0.453 e. The second kappa shape index (κ2) is 3.31. The van der Waals surface area contributed by atoms with Crippen molar-refractivity contribution in [1.29, 1.82) is 0 Å². The number of rotatable bonds is 2. The van der Waals surface area contributed by atoms with Crippen LogP contribution in [0.3, 0.4) is 0 Å². The third-order valence-electron chi connectivity index (χ3n) is 0.851. The SMILES string of the molecule is OC(O)(O)Oc1cnc(Br)nc1. The Bertz CT molecular complexity index is 257. The molecule has 1 heterocycles. The van der Waals surface area contributed by atoms with Gasteiger partial charge in [-0.3, -0.25) is 0 Å². The van der Waals surface area contributed by atoms with Gasteiger partial charge < -0.3 is 20.1 Å². The second-order valence-corrected chi connectivity index (χ2v) is 2.57. The summed E-state index contributed by atoms with van der Waals surface area (Å²) in [7, 11) is 0. The Morgan fingerprint density at radius 2 is 1.75 bits per heavy atom. The van der Waals surface area contributed by atoms with Crippen LogP contribution in [0.5, 0.6) is 5.75 Å². The molecule has 12 heavy (non-hydrogen) atoms. The monoisotopic (exact) mass is 236 g/mol. The van der Waals surface area contributed by atoms with E-state index >= 15 is 0 Å². The summed E-state index contributed by atoms with van der Waals surface area (Å²) in [4.78, 5) is 7.22. The molecule has 0 aliphatic heterocycles. The number of ether oxygens (including phenoxy) is 1. The molecule has 0 fully saturated rings. The zero-order valence-electron chi connectivity index (χ0n) is 5.68. The lowest BCUT2D eigenvalue weighted by molar-refractivity contribution is -0.419. The van der Waals surface area contributed by atoms with Crippen molar-refractivity contribution in [2.75, 3.05) is 0 Å². The number of halogens is 1. The van der Waals surface area contributed by atoms with E-state index in [1.165, 1.54) is 0 Å². The highest BCUT2D eigenvalue weighted by Crippen LogP contribution is 2.12. The van der Waals surface area contributed by atoms with Gasteiger partial charge in [0.25, 0.3) is 0 Å². The van der Waals surface area contributed by atoms with Gasteiger partial charge in [0, 0.05) is 0 Å². The summed E-state index contributed by atoms with van der Waals surface area (Å²) in [6.45, 7) is 0. The molecule has 0 aromatic carbocycles. The van der Waals surface area contributed by atoms with Gasteiger partial charge in [-0.1, -0.05) is 0 Å². The minimum atomic E-state index is -3.20. The van der Waals surface area contributed by atoms with Crippen LogP contribution in [-0.2, 0) is 0 Å². The molecule has 0 aliphatic rings. The largest absolute Gasteiger partial charge is 0.453 e. The van der Waals surface area contributed by atoms with Crippen LogP contribution in [-0.4, -0.2) is 31.4 Å². The summed E-state index contributed by atoms with van der Waals surface area (Å²) >= 11 is 2.96. The average Bonchev–Trinajstić information content (AvgIpc) is 1.91. The lowest BCUT2D eigenvalue weighted by Crippen LogP contribution is -2.34. The van der Waals surface area contributed by atoms with E-state index in [2.05, 4.69) is 30.6 Å². The van der Waals surface area contributed by atoms with Crippen LogP contribution < -0.4 is 4.74 Å². The van der Waals surface area contributed by atoms with E-state index in [0.717, 1.165) is 12.4 Å². The first kappa shape index (κ1) is 9.33. The van der Waals surface area contributed by atoms with Crippen LogP contribution in [0.4, 0.5) is 0 Å². The van der Waals surface area contributed by atoms with Crippen molar-refractivity contribution in [3.63, 3.8) is 0 Å². The van der Waals surface area contributed by atoms with Gasteiger partial charge in [-0.05, 0) is 15.9 Å². The maximum absolute atomic E-state index is 8.36. The molecule has 0 unspecified atom stereocenters. The molecule has 0 saturated carbocycles. The average molecular weight is 237 g/mol. The lowest BCUT2D eigenvalue weighted by Gasteiger charge is -2.14. The van der Waals surface area contributed by atoms with Gasteiger partial charge in [0.1, 0.15) is 0 Å². The summed E-state index contributed by atoms with van der Waals surface area (Å²) in [5.74, 6) is -0.0642. The summed E-state index contributed by atoms with van der Waals surface area (Å²) in [6.07, 6.45) is -0.875. The molecular formula is C5H5BrN2O4. The summed E-state index contributed by atoms with van der Waals surface area (Å²) in [5, 5.41) is 25.1. The molecule has 0 bridgehead atoms. The molecule has 1 aromatic heterocycles. The minimum absolute atomic E-state index is 0.0642. The van der Waals surface area contributed by atoms with Crippen LogP contribution in [0.1, 0.15) is 0 Å². The van der Waals surface area contributed by atoms with E-state index in [1.54, 1.807) is 0 Å². The Kier molecular flexibility index (Phi) is 2.58. The maximum atomic E-state index is 8.36. The molecule has 6 nitrogen and oxygen atoms in total. The van der Waals surface area contributed by atoms with Crippen LogP contribution in [0.15, 0.2) is 17.1 Å². The van der Waals surface area contributed by atoms with E-state index in [4.69, 9.17) is 15.3 Å². The number of aliphatic hydroxyl groups is 3. The van der Waals surface area contributed by atoms with E-state index in [9.17, 15) is 0 Å². The highest BCUT2D eigenvalue weighted by atomic mass is 79.9. The fourth-order valence-electron chi connectivity index (χ4n) is 0.511. The van der Waals surface area contributed by atoms with Crippen LogP contribution in [0.2, 0.25) is 0 Å². The first-order valence-electron chi connectivity index (χ1n) is 2.81. The molecule has 0 atom stereocenters. The molecule has 1 rings (SSSR count). The number of hydrogen-bond acceptors (Lipinski definition) is 6. The molecule has 0 saturated heterocycles. The number of hydrogen-bond donors (Lipinski definition) is 3. The predicted molar refractivity (Wildman–Crippen MR) is 39.7 cm³/mol. The van der Waals surface area contributed by atoms with Crippen LogP contribution in [0.25, 0.3) is 0 Å². The fraction of sp³-hybridized carbons (Fsp3) is 0.200. The Labute approximate surface area is 75.6 Å². The molecule has 66 valence electrons. The number of aromatic nitrogens is 2. The molecule has 0 radical (unpaired) electrons. The molecule has 1 aromatic rings. The summed E-state index contributed by atoms with van der Waals surface area (Å²) in [5.41, 5.74) is 0. The van der Waals surface area contributed by atoms with E-state index in [0.29, 0.717) is 4.73 Å². The fourth-order valence-corrected chi connectivity index (χ4v) is 0.716. The van der Waals surface area contributed by atoms with Gasteiger partial charge in [-0.2, -0.15) is 0 Å². The van der Waals surface area contributed by atoms with Gasteiger partial charge in [-0.15, -0.1) is 0 Å². The van der Waals surface area contributed by atoms with Gasteiger partial charge in [0.05, 0.1) is 12.4 Å². The molecule has 3 N–H and O–H groups in total.